The van der Waals surface area contributed by atoms with Gasteiger partial charge in [-0.1, -0.05) is 48.5 Å². The summed E-state index contributed by atoms with van der Waals surface area (Å²) in [5.41, 5.74) is 4.45. The van der Waals surface area contributed by atoms with Crippen molar-refractivity contribution in [2.45, 2.75) is 32.9 Å². The molecule has 4 rings (SSSR count). The lowest BCUT2D eigenvalue weighted by Crippen LogP contribution is -2.34. The van der Waals surface area contributed by atoms with Gasteiger partial charge in [-0.05, 0) is 62.2 Å². The van der Waals surface area contributed by atoms with Gasteiger partial charge < -0.3 is 9.80 Å². The Balaban J connectivity index is 1.55. The van der Waals surface area contributed by atoms with Crippen LogP contribution in [0.4, 0.5) is 11.4 Å². The molecule has 0 aliphatic carbocycles. The third-order valence-corrected chi connectivity index (χ3v) is 6.34. The maximum atomic E-state index is 12.7. The van der Waals surface area contributed by atoms with Gasteiger partial charge in [0.15, 0.2) is 0 Å². The number of carbonyl (C=O) groups excluding carboxylic acids is 1. The van der Waals surface area contributed by atoms with Crippen LogP contribution in [0.25, 0.3) is 0 Å². The van der Waals surface area contributed by atoms with Crippen molar-refractivity contribution < 1.29 is 4.79 Å². The van der Waals surface area contributed by atoms with E-state index in [0.29, 0.717) is 6.04 Å². The molecule has 4 heteroatoms. The van der Waals surface area contributed by atoms with Crippen molar-refractivity contribution in [2.75, 3.05) is 31.1 Å². The van der Waals surface area contributed by atoms with Crippen LogP contribution in [0.5, 0.6) is 0 Å². The number of hydrogen-bond acceptors (Lipinski definition) is 3. The molecule has 1 aliphatic heterocycles. The van der Waals surface area contributed by atoms with E-state index in [0.717, 1.165) is 50.4 Å². The van der Waals surface area contributed by atoms with Crippen LogP contribution >= 0.6 is 0 Å². The number of benzene rings is 3. The Morgan fingerprint density at radius 3 is 2.06 bits per heavy atom. The first kappa shape index (κ1) is 22.1. The van der Waals surface area contributed by atoms with Gasteiger partial charge in [-0.15, -0.1) is 0 Å². The number of carbonyl (C=O) groups is 1. The summed E-state index contributed by atoms with van der Waals surface area (Å²) in [7, 11) is 0. The zero-order valence-electron chi connectivity index (χ0n) is 19.2. The number of likely N-dealkylation sites (tertiary alicyclic amines) is 1. The highest BCUT2D eigenvalue weighted by Crippen LogP contribution is 2.32. The predicted octanol–water partition coefficient (Wildman–Crippen LogP) is 5.58. The molecule has 0 saturated carbocycles. The molecule has 1 unspecified atom stereocenters. The molecule has 1 atom stereocenters. The van der Waals surface area contributed by atoms with E-state index in [2.05, 4.69) is 82.6 Å². The van der Waals surface area contributed by atoms with E-state index < -0.39 is 0 Å². The van der Waals surface area contributed by atoms with Gasteiger partial charge in [0.25, 0.3) is 5.91 Å². The van der Waals surface area contributed by atoms with Crippen molar-refractivity contribution >= 4 is 17.3 Å². The van der Waals surface area contributed by atoms with E-state index in [-0.39, 0.29) is 5.91 Å². The van der Waals surface area contributed by atoms with Gasteiger partial charge in [-0.25, -0.2) is 0 Å². The second kappa shape index (κ2) is 10.5. The van der Waals surface area contributed by atoms with Crippen LogP contribution in [-0.4, -0.2) is 47.9 Å². The van der Waals surface area contributed by atoms with Gasteiger partial charge in [0.05, 0.1) is 0 Å². The zero-order chi connectivity index (χ0) is 22.3. The number of rotatable bonds is 8. The molecule has 3 aromatic carbocycles. The van der Waals surface area contributed by atoms with Crippen molar-refractivity contribution in [3.63, 3.8) is 0 Å². The topological polar surface area (TPSA) is 26.8 Å². The fourth-order valence-electron chi connectivity index (χ4n) is 4.63. The molecule has 0 N–H and O–H groups in total. The van der Waals surface area contributed by atoms with Crippen LogP contribution in [0.2, 0.25) is 0 Å². The number of anilines is 2. The van der Waals surface area contributed by atoms with Crippen LogP contribution < -0.4 is 4.90 Å². The van der Waals surface area contributed by atoms with Crippen molar-refractivity contribution in [1.29, 1.82) is 0 Å². The van der Waals surface area contributed by atoms with E-state index in [1.54, 1.807) is 0 Å². The summed E-state index contributed by atoms with van der Waals surface area (Å²) >= 11 is 0. The van der Waals surface area contributed by atoms with Gasteiger partial charge in [0, 0.05) is 55.7 Å². The lowest BCUT2D eigenvalue weighted by Gasteiger charge is -2.32. The summed E-state index contributed by atoms with van der Waals surface area (Å²) in [6.45, 7) is 8.59. The van der Waals surface area contributed by atoms with E-state index >= 15 is 0 Å². The Morgan fingerprint density at radius 1 is 0.844 bits per heavy atom. The smallest absolute Gasteiger partial charge is 0.253 e. The maximum Gasteiger partial charge on any atom is 0.253 e. The van der Waals surface area contributed by atoms with E-state index in [9.17, 15) is 4.79 Å². The zero-order valence-corrected chi connectivity index (χ0v) is 19.2. The molecule has 0 radical (unpaired) electrons. The highest BCUT2D eigenvalue weighted by molar-refractivity contribution is 5.94. The first-order valence-corrected chi connectivity index (χ1v) is 11.7. The van der Waals surface area contributed by atoms with Crippen LogP contribution in [0.3, 0.4) is 0 Å². The van der Waals surface area contributed by atoms with Crippen molar-refractivity contribution in [1.82, 2.24) is 9.80 Å². The number of hydrogen-bond donors (Lipinski definition) is 0. The molecule has 0 spiro atoms. The molecular weight excluding hydrogens is 394 g/mol. The fourth-order valence-corrected chi connectivity index (χ4v) is 4.63. The molecule has 0 aromatic heterocycles. The summed E-state index contributed by atoms with van der Waals surface area (Å²) in [6.07, 6.45) is 1.11. The molecule has 1 fully saturated rings. The third-order valence-electron chi connectivity index (χ3n) is 6.34. The minimum Gasteiger partial charge on any atom is -0.339 e. The number of amides is 1. The van der Waals surface area contributed by atoms with Crippen molar-refractivity contribution in [3.8, 4) is 0 Å². The lowest BCUT2D eigenvalue weighted by molar-refractivity contribution is 0.0773. The maximum absolute atomic E-state index is 12.7. The monoisotopic (exact) mass is 427 g/mol. The first-order valence-electron chi connectivity index (χ1n) is 11.7. The van der Waals surface area contributed by atoms with Gasteiger partial charge in [0.2, 0.25) is 0 Å². The molecule has 1 heterocycles. The molecule has 0 bridgehead atoms. The SMILES string of the molecule is CCN(CC)C(=O)c1ccc(N(c2ccccc2)C2CCN(Cc3ccccc3)C2)cc1. The molecule has 1 amide bonds. The average Bonchev–Trinajstić information content (AvgIpc) is 3.29. The standard InChI is InChI=1S/C28H33N3O/c1-3-30(4-2)28(32)24-15-17-26(18-16-24)31(25-13-9-6-10-14-25)27-19-20-29(22-27)21-23-11-7-5-8-12-23/h5-18,27H,3-4,19-22H2,1-2H3. The second-order valence-electron chi connectivity index (χ2n) is 8.39. The summed E-state index contributed by atoms with van der Waals surface area (Å²) in [4.78, 5) is 19.6. The Morgan fingerprint density at radius 2 is 1.44 bits per heavy atom. The molecule has 32 heavy (non-hydrogen) atoms. The highest BCUT2D eigenvalue weighted by Gasteiger charge is 2.29. The molecule has 3 aromatic rings. The van der Waals surface area contributed by atoms with E-state index in [1.807, 2.05) is 30.9 Å². The molecule has 166 valence electrons. The Labute approximate surface area is 192 Å². The molecular formula is C28H33N3O. The van der Waals surface area contributed by atoms with Crippen LogP contribution in [0.15, 0.2) is 84.9 Å². The van der Waals surface area contributed by atoms with E-state index in [4.69, 9.17) is 0 Å². The van der Waals surface area contributed by atoms with Crippen molar-refractivity contribution in [2.24, 2.45) is 0 Å². The predicted molar refractivity (Wildman–Crippen MR) is 132 cm³/mol. The average molecular weight is 428 g/mol. The quantitative estimate of drug-likeness (QED) is 0.469. The minimum atomic E-state index is 0.0997. The minimum absolute atomic E-state index is 0.0997. The van der Waals surface area contributed by atoms with Crippen LogP contribution in [0.1, 0.15) is 36.2 Å². The van der Waals surface area contributed by atoms with Crippen LogP contribution in [0, 0.1) is 0 Å². The summed E-state index contributed by atoms with van der Waals surface area (Å²) in [6, 6.07) is 29.8. The van der Waals surface area contributed by atoms with Gasteiger partial charge in [-0.3, -0.25) is 9.69 Å². The highest BCUT2D eigenvalue weighted by atomic mass is 16.2. The van der Waals surface area contributed by atoms with Crippen molar-refractivity contribution in [3.05, 3.63) is 96.1 Å². The molecule has 1 aliphatic rings. The fraction of sp³-hybridized carbons (Fsp3) is 0.321. The Bertz CT molecular complexity index is 984. The summed E-state index contributed by atoms with van der Waals surface area (Å²) < 4.78 is 0. The van der Waals surface area contributed by atoms with E-state index in [1.165, 1.54) is 11.3 Å². The van der Waals surface area contributed by atoms with Gasteiger partial charge >= 0.3 is 0 Å². The lowest BCUT2D eigenvalue weighted by atomic mass is 10.1. The third kappa shape index (κ3) is 5.03. The number of nitrogens with zero attached hydrogens (tertiary/aromatic N) is 3. The van der Waals surface area contributed by atoms with Gasteiger partial charge in [0.1, 0.15) is 0 Å². The normalized spacial score (nSPS) is 16.1. The second-order valence-corrected chi connectivity index (χ2v) is 8.39. The summed E-state index contributed by atoms with van der Waals surface area (Å²) in [5, 5.41) is 0. The Kier molecular flexibility index (Phi) is 7.23. The van der Waals surface area contributed by atoms with Gasteiger partial charge in [-0.2, -0.15) is 0 Å². The first-order chi connectivity index (χ1) is 15.7. The Hall–Kier alpha value is -3.11. The molecule has 1 saturated heterocycles. The van der Waals surface area contributed by atoms with Crippen LogP contribution in [-0.2, 0) is 6.54 Å². The number of para-hydroxylation sites is 1. The molecule has 4 nitrogen and oxygen atoms in total. The largest absolute Gasteiger partial charge is 0.339 e. The summed E-state index contributed by atoms with van der Waals surface area (Å²) in [5.74, 6) is 0.0997.